The van der Waals surface area contributed by atoms with E-state index in [0.29, 0.717) is 0 Å². The fourth-order valence-corrected chi connectivity index (χ4v) is 254. The van der Waals surface area contributed by atoms with Crippen LogP contribution < -0.4 is 31.4 Å². The monoisotopic (exact) mass is 867 g/mol. The molecule has 0 aliphatic carbocycles. The quantitative estimate of drug-likeness (QED) is 0.0995. The first kappa shape index (κ1) is 34.2. The van der Waals surface area contributed by atoms with Crippen molar-refractivity contribution < 1.29 is 13.6 Å². The van der Waals surface area contributed by atoms with Crippen molar-refractivity contribution in [1.82, 2.24) is 0 Å². The van der Waals surface area contributed by atoms with Gasteiger partial charge < -0.3 is 0 Å². The van der Waals surface area contributed by atoms with E-state index in [9.17, 15) is 0 Å². The summed E-state index contributed by atoms with van der Waals surface area (Å²) < 4.78 is 0. The summed E-state index contributed by atoms with van der Waals surface area (Å²) in [4.78, 5) is 0. The van der Waals surface area contributed by atoms with Crippen LogP contribution in [0.25, 0.3) is 0 Å². The summed E-state index contributed by atoms with van der Waals surface area (Å²) in [6.07, 6.45) is 0. The zero-order valence-corrected chi connectivity index (χ0v) is 34.9. The van der Waals surface area contributed by atoms with E-state index in [1.165, 1.54) is 0 Å². The molecule has 0 aliphatic heterocycles. The molecule has 6 rings (SSSR count). The molecular formula is C42H50P2PtSi2. The number of hydrogen-bond donors (Lipinski definition) is 0. The second kappa shape index (κ2) is 13.7. The van der Waals surface area contributed by atoms with Crippen molar-refractivity contribution in [3.8, 4) is 0 Å². The normalized spacial score (nSPS) is 13.9. The molecule has 0 aromatic heterocycles. The standard InChI is InChI=1S/2C13H13Si.2C8H11P.Pt/c2*1-14(12-8-4-2-5-9-12)13-10-6-3-7-11-13;2*1-9(2)8-6-4-3-5-7-8;/h2*2-11H,1H3;2*3-7H,1-2H3;/q;;;;-2/p+2. The molecule has 6 aromatic carbocycles. The van der Waals surface area contributed by atoms with Gasteiger partial charge in [-0.1, -0.05) is 0 Å². The summed E-state index contributed by atoms with van der Waals surface area (Å²) in [7, 11) is 0. The minimum atomic E-state index is -3.44. The van der Waals surface area contributed by atoms with Gasteiger partial charge in [0.25, 0.3) is 0 Å². The number of benzene rings is 6. The molecule has 0 heterocycles. The Kier molecular flexibility index (Phi) is 9.94. The molecule has 0 spiro atoms. The Morgan fingerprint density at radius 2 is 0.511 bits per heavy atom. The van der Waals surface area contributed by atoms with Gasteiger partial charge in [-0.2, -0.15) is 0 Å². The fourth-order valence-electron chi connectivity index (χ4n) is 8.16. The van der Waals surface area contributed by atoms with Gasteiger partial charge in [0.2, 0.25) is 0 Å². The Hall–Kier alpha value is -2.70. The second-order valence-corrected chi connectivity index (χ2v) is 91.3. The van der Waals surface area contributed by atoms with Crippen LogP contribution in [0.15, 0.2) is 182 Å². The average molecular weight is 868 g/mol. The van der Waals surface area contributed by atoms with Crippen molar-refractivity contribution in [2.45, 2.75) is 13.1 Å². The number of hydrogen-bond acceptors (Lipinski definition) is 0. The van der Waals surface area contributed by atoms with Crippen molar-refractivity contribution in [2.24, 2.45) is 0 Å². The SMILES string of the molecule is C[Si](c1ccccc1)(c1ccccc1)[Pt]([Si](C)(c1ccccc1)c1ccccc1)([PH](C)(C)c1ccccc1)[PH](C)(C)c1ccccc1. The van der Waals surface area contributed by atoms with Gasteiger partial charge in [0.15, 0.2) is 0 Å². The van der Waals surface area contributed by atoms with Gasteiger partial charge in [-0.05, 0) is 0 Å². The first-order valence-corrected chi connectivity index (χ1v) is 40.5. The first-order valence-electron chi connectivity index (χ1n) is 16.6. The molecule has 0 fully saturated rings. The summed E-state index contributed by atoms with van der Waals surface area (Å²) in [5, 5.41) is 5.16. The molecule has 0 N–H and O–H groups in total. The van der Waals surface area contributed by atoms with Crippen molar-refractivity contribution >= 4 is 54.2 Å². The summed E-state index contributed by atoms with van der Waals surface area (Å²) in [5.74, 6) is 0. The number of rotatable bonds is 10. The third kappa shape index (κ3) is 5.37. The molecule has 0 atom stereocenters. The molecule has 0 saturated heterocycles. The molecule has 246 valence electrons. The topological polar surface area (TPSA) is 0 Å². The summed E-state index contributed by atoms with van der Waals surface area (Å²) in [6, 6.07) is 66.5. The maximum atomic E-state index is 2.86. The second-order valence-electron chi connectivity index (χ2n) is 13.3. The van der Waals surface area contributed by atoms with Crippen LogP contribution in [0.2, 0.25) is 13.1 Å². The minimum absolute atomic E-state index is 1.63. The molecule has 0 saturated carbocycles. The van der Waals surface area contributed by atoms with Crippen molar-refractivity contribution in [1.29, 1.82) is 0 Å². The van der Waals surface area contributed by atoms with Gasteiger partial charge in [-0.3, -0.25) is 0 Å². The van der Waals surface area contributed by atoms with Crippen LogP contribution in [0.3, 0.4) is 0 Å². The van der Waals surface area contributed by atoms with E-state index in [1.54, 1.807) is 31.4 Å². The molecular weight excluding hydrogens is 818 g/mol. The average Bonchev–Trinajstić information content (AvgIpc) is 3.13. The Morgan fingerprint density at radius 3 is 0.723 bits per heavy atom. The third-order valence-electron chi connectivity index (χ3n) is 10.2. The summed E-state index contributed by atoms with van der Waals surface area (Å²) in [6.45, 7) is 17.1. The molecule has 47 heavy (non-hydrogen) atoms. The predicted octanol–water partition coefficient (Wildman–Crippen LogP) is 7.42. The van der Waals surface area contributed by atoms with Crippen LogP contribution in [-0.2, 0) is 13.6 Å². The van der Waals surface area contributed by atoms with E-state index in [4.69, 9.17) is 0 Å². The molecule has 5 heteroatoms. The Labute approximate surface area is 287 Å². The third-order valence-corrected chi connectivity index (χ3v) is 186. The van der Waals surface area contributed by atoms with E-state index >= 15 is 0 Å². The molecule has 6 aromatic rings. The van der Waals surface area contributed by atoms with Crippen molar-refractivity contribution in [3.63, 3.8) is 0 Å². The van der Waals surface area contributed by atoms with Gasteiger partial charge in [-0.15, -0.1) is 0 Å². The van der Waals surface area contributed by atoms with Gasteiger partial charge >= 0.3 is 289 Å². The van der Waals surface area contributed by atoms with E-state index < -0.39 is 36.4 Å². The zero-order valence-electron chi connectivity index (χ0n) is 28.6. The molecule has 0 amide bonds. The van der Waals surface area contributed by atoms with Crippen LogP contribution >= 0.6 is 10.7 Å². The van der Waals surface area contributed by atoms with Crippen LogP contribution in [0, 0.1) is 0 Å². The van der Waals surface area contributed by atoms with E-state index in [1.807, 2.05) is 0 Å². The molecule has 0 nitrogen and oxygen atoms in total. The summed E-state index contributed by atoms with van der Waals surface area (Å²) >= 11 is -3.44. The summed E-state index contributed by atoms with van der Waals surface area (Å²) in [5.41, 5.74) is 0. The van der Waals surface area contributed by atoms with Crippen molar-refractivity contribution in [3.05, 3.63) is 182 Å². The van der Waals surface area contributed by atoms with Gasteiger partial charge in [0.05, 0.1) is 0 Å². The Balaban J connectivity index is 1.97. The van der Waals surface area contributed by atoms with Gasteiger partial charge in [0.1, 0.15) is 0 Å². The maximum absolute atomic E-state index is 3.44. The first-order chi connectivity index (χ1) is 22.6. The molecule has 0 bridgehead atoms. The van der Waals surface area contributed by atoms with Crippen LogP contribution in [0.1, 0.15) is 0 Å². The Morgan fingerprint density at radius 1 is 0.319 bits per heavy atom. The molecule has 0 unspecified atom stereocenters. The van der Waals surface area contributed by atoms with E-state index in [-0.39, 0.29) is 0 Å². The van der Waals surface area contributed by atoms with Gasteiger partial charge in [-0.25, -0.2) is 0 Å². The Bertz CT molecular complexity index is 1660. The molecule has 0 aliphatic rings. The van der Waals surface area contributed by atoms with Crippen LogP contribution in [-0.4, -0.2) is 38.8 Å². The van der Waals surface area contributed by atoms with Crippen LogP contribution in [0.5, 0.6) is 0 Å². The van der Waals surface area contributed by atoms with E-state index in [0.717, 1.165) is 0 Å². The van der Waals surface area contributed by atoms with Gasteiger partial charge in [0, 0.05) is 0 Å². The zero-order chi connectivity index (χ0) is 33.2. The van der Waals surface area contributed by atoms with Crippen molar-refractivity contribution in [2.75, 3.05) is 26.7 Å². The van der Waals surface area contributed by atoms with Crippen LogP contribution in [0.4, 0.5) is 0 Å². The predicted molar refractivity (Wildman–Crippen MR) is 220 cm³/mol. The van der Waals surface area contributed by atoms with E-state index in [2.05, 4.69) is 222 Å². The molecule has 0 radical (unpaired) electrons. The fraction of sp³-hybridized carbons (Fsp3) is 0.143.